The zero-order valence-corrected chi connectivity index (χ0v) is 12.8. The second kappa shape index (κ2) is 5.99. The molecule has 0 saturated heterocycles. The quantitative estimate of drug-likeness (QED) is 0.936. The first-order valence-electron chi connectivity index (χ1n) is 6.94. The third-order valence-electron chi connectivity index (χ3n) is 3.58. The van der Waals surface area contributed by atoms with Crippen molar-refractivity contribution in [3.63, 3.8) is 0 Å². The van der Waals surface area contributed by atoms with Gasteiger partial charge in [0.25, 0.3) is 0 Å². The Balaban J connectivity index is 1.93. The highest BCUT2D eigenvalue weighted by atomic mass is 32.2. The minimum atomic E-state index is -3.83. The molecule has 0 fully saturated rings. The van der Waals surface area contributed by atoms with Gasteiger partial charge in [0.1, 0.15) is 11.6 Å². The maximum absolute atomic E-state index is 13.5. The molecule has 5 nitrogen and oxygen atoms in total. The van der Waals surface area contributed by atoms with Gasteiger partial charge < -0.3 is 4.74 Å². The van der Waals surface area contributed by atoms with E-state index in [-0.39, 0.29) is 10.5 Å². The van der Waals surface area contributed by atoms with Crippen molar-refractivity contribution in [1.29, 1.82) is 5.26 Å². The van der Waals surface area contributed by atoms with Crippen LogP contribution in [0.2, 0.25) is 0 Å². The second-order valence-electron chi connectivity index (χ2n) is 5.13. The van der Waals surface area contributed by atoms with Gasteiger partial charge in [0.05, 0.1) is 29.2 Å². The molecule has 1 aliphatic rings. The van der Waals surface area contributed by atoms with E-state index in [9.17, 15) is 12.8 Å². The molecule has 3 rings (SSSR count). The highest BCUT2D eigenvalue weighted by Crippen LogP contribution is 2.33. The van der Waals surface area contributed by atoms with Gasteiger partial charge in [-0.15, -0.1) is 0 Å². The molecule has 1 N–H and O–H groups in total. The van der Waals surface area contributed by atoms with Crippen LogP contribution >= 0.6 is 0 Å². The van der Waals surface area contributed by atoms with Gasteiger partial charge in [0.2, 0.25) is 10.0 Å². The van der Waals surface area contributed by atoms with E-state index in [1.54, 1.807) is 0 Å². The van der Waals surface area contributed by atoms with Crippen LogP contribution in [0.25, 0.3) is 0 Å². The number of nitrogens with one attached hydrogen (secondary N) is 1. The Labute approximate surface area is 133 Å². The number of nitriles is 1. The normalized spacial score (nSPS) is 17.0. The number of benzene rings is 2. The lowest BCUT2D eigenvalue weighted by Gasteiger charge is -2.26. The first kappa shape index (κ1) is 15.5. The van der Waals surface area contributed by atoms with Gasteiger partial charge in [0, 0.05) is 12.0 Å². The van der Waals surface area contributed by atoms with Crippen molar-refractivity contribution in [2.75, 3.05) is 6.61 Å². The summed E-state index contributed by atoms with van der Waals surface area (Å²) in [7, 11) is -3.83. The number of nitrogens with zero attached hydrogens (tertiary/aromatic N) is 1. The fraction of sp³-hybridized carbons (Fsp3) is 0.188. The highest BCUT2D eigenvalue weighted by molar-refractivity contribution is 7.89. The van der Waals surface area contributed by atoms with Gasteiger partial charge >= 0.3 is 0 Å². The van der Waals surface area contributed by atoms with Crippen LogP contribution in [0.3, 0.4) is 0 Å². The fourth-order valence-corrected chi connectivity index (χ4v) is 3.77. The van der Waals surface area contributed by atoms with Gasteiger partial charge in [-0.3, -0.25) is 0 Å². The molecule has 0 unspecified atom stereocenters. The Morgan fingerprint density at radius 2 is 2.09 bits per heavy atom. The summed E-state index contributed by atoms with van der Waals surface area (Å²) in [5.74, 6) is 0.0149. The highest BCUT2D eigenvalue weighted by Gasteiger charge is 2.27. The smallest absolute Gasteiger partial charge is 0.241 e. The molecule has 1 heterocycles. The van der Waals surface area contributed by atoms with E-state index in [2.05, 4.69) is 4.72 Å². The molecule has 0 radical (unpaired) electrons. The lowest BCUT2D eigenvalue weighted by molar-refractivity contribution is 0.262. The molecular weight excluding hydrogens is 319 g/mol. The molecule has 118 valence electrons. The van der Waals surface area contributed by atoms with E-state index in [0.29, 0.717) is 24.3 Å². The Hall–Kier alpha value is -2.43. The average molecular weight is 332 g/mol. The van der Waals surface area contributed by atoms with E-state index in [0.717, 1.165) is 0 Å². The van der Waals surface area contributed by atoms with E-state index < -0.39 is 21.9 Å². The lowest BCUT2D eigenvalue weighted by Crippen LogP contribution is -2.32. The van der Waals surface area contributed by atoms with Crippen molar-refractivity contribution in [3.8, 4) is 11.8 Å². The zero-order chi connectivity index (χ0) is 16.4. The summed E-state index contributed by atoms with van der Waals surface area (Å²) in [5.41, 5.74) is 0.725. The van der Waals surface area contributed by atoms with E-state index in [1.807, 2.05) is 6.07 Å². The van der Waals surface area contributed by atoms with Crippen LogP contribution < -0.4 is 9.46 Å². The first-order chi connectivity index (χ1) is 11.0. The van der Waals surface area contributed by atoms with Gasteiger partial charge in [-0.05, 0) is 36.4 Å². The van der Waals surface area contributed by atoms with Crippen molar-refractivity contribution in [2.24, 2.45) is 0 Å². The van der Waals surface area contributed by atoms with Crippen LogP contribution in [-0.2, 0) is 10.0 Å². The molecule has 0 aromatic heterocycles. The SMILES string of the molecule is N#Cc1cccc(S(=O)(=O)N[C@@H]2CCOc3ccc(F)cc32)c1. The molecular formula is C16H13FN2O3S. The standard InChI is InChI=1S/C16H13FN2O3S/c17-12-4-5-16-14(9-12)15(6-7-22-16)19-23(20,21)13-3-1-2-11(8-13)10-18/h1-5,8-9,15,19H,6-7H2/t15-/m1/s1. The van der Waals surface area contributed by atoms with Crippen molar-refractivity contribution < 1.29 is 17.5 Å². The molecule has 0 spiro atoms. The molecule has 1 atom stereocenters. The molecule has 23 heavy (non-hydrogen) atoms. The van der Waals surface area contributed by atoms with Crippen LogP contribution in [0.5, 0.6) is 5.75 Å². The number of hydrogen-bond donors (Lipinski definition) is 1. The Kier molecular flexibility index (Phi) is 4.03. The van der Waals surface area contributed by atoms with Crippen molar-refractivity contribution in [2.45, 2.75) is 17.4 Å². The van der Waals surface area contributed by atoms with Crippen LogP contribution in [-0.4, -0.2) is 15.0 Å². The summed E-state index contributed by atoms with van der Waals surface area (Å²) in [5, 5.41) is 8.89. The van der Waals surface area contributed by atoms with Gasteiger partial charge in [-0.25, -0.2) is 17.5 Å². The first-order valence-corrected chi connectivity index (χ1v) is 8.43. The Bertz CT molecular complexity index is 890. The van der Waals surface area contributed by atoms with Crippen LogP contribution in [0.4, 0.5) is 4.39 Å². The summed E-state index contributed by atoms with van der Waals surface area (Å²) < 4.78 is 46.5. The number of rotatable bonds is 3. The number of hydrogen-bond acceptors (Lipinski definition) is 4. The summed E-state index contributed by atoms with van der Waals surface area (Å²) >= 11 is 0. The molecule has 1 aliphatic heterocycles. The van der Waals surface area contributed by atoms with Crippen molar-refractivity contribution >= 4 is 10.0 Å². The molecule has 2 aromatic carbocycles. The van der Waals surface area contributed by atoms with E-state index in [1.165, 1.54) is 42.5 Å². The van der Waals surface area contributed by atoms with Crippen LogP contribution in [0.1, 0.15) is 23.6 Å². The van der Waals surface area contributed by atoms with E-state index in [4.69, 9.17) is 10.00 Å². The largest absolute Gasteiger partial charge is 0.493 e. The van der Waals surface area contributed by atoms with Crippen molar-refractivity contribution in [3.05, 3.63) is 59.4 Å². The van der Waals surface area contributed by atoms with Gasteiger partial charge in [-0.1, -0.05) is 6.07 Å². The third kappa shape index (κ3) is 3.18. The predicted octanol–water partition coefficient (Wildman–Crippen LogP) is 2.50. The molecule has 2 aromatic rings. The predicted molar refractivity (Wildman–Crippen MR) is 80.7 cm³/mol. The van der Waals surface area contributed by atoms with Gasteiger partial charge in [0.15, 0.2) is 0 Å². The Morgan fingerprint density at radius 1 is 1.26 bits per heavy atom. The molecule has 0 bridgehead atoms. The fourth-order valence-electron chi connectivity index (χ4n) is 2.48. The summed E-state index contributed by atoms with van der Waals surface area (Å²) in [6.07, 6.45) is 0.396. The Morgan fingerprint density at radius 3 is 2.87 bits per heavy atom. The maximum Gasteiger partial charge on any atom is 0.241 e. The minimum Gasteiger partial charge on any atom is -0.493 e. The summed E-state index contributed by atoms with van der Waals surface area (Å²) in [6.45, 7) is 0.337. The summed E-state index contributed by atoms with van der Waals surface area (Å²) in [4.78, 5) is 0.000921. The maximum atomic E-state index is 13.5. The van der Waals surface area contributed by atoms with Crippen molar-refractivity contribution in [1.82, 2.24) is 4.72 Å². The molecule has 0 aliphatic carbocycles. The lowest BCUT2D eigenvalue weighted by atomic mass is 10.0. The van der Waals surface area contributed by atoms with Crippen LogP contribution in [0.15, 0.2) is 47.4 Å². The molecule has 0 saturated carbocycles. The number of ether oxygens (including phenoxy) is 1. The van der Waals surface area contributed by atoms with Gasteiger partial charge in [-0.2, -0.15) is 5.26 Å². The number of fused-ring (bicyclic) bond motifs is 1. The second-order valence-corrected chi connectivity index (χ2v) is 6.85. The minimum absolute atomic E-state index is 0.000921. The zero-order valence-electron chi connectivity index (χ0n) is 12.0. The topological polar surface area (TPSA) is 79.2 Å². The third-order valence-corrected chi connectivity index (χ3v) is 5.05. The monoisotopic (exact) mass is 332 g/mol. The van der Waals surface area contributed by atoms with E-state index >= 15 is 0 Å². The summed E-state index contributed by atoms with van der Waals surface area (Å²) in [6, 6.07) is 11.1. The molecule has 0 amide bonds. The van der Waals surface area contributed by atoms with Crippen LogP contribution in [0, 0.1) is 17.1 Å². The average Bonchev–Trinajstić information content (AvgIpc) is 2.55. The number of sulfonamides is 1. The molecule has 7 heteroatoms. The number of halogens is 1.